The van der Waals surface area contributed by atoms with Crippen molar-refractivity contribution in [1.29, 1.82) is 0 Å². The summed E-state index contributed by atoms with van der Waals surface area (Å²) in [7, 11) is -2.95. The van der Waals surface area contributed by atoms with Gasteiger partial charge in [0.2, 0.25) is 0 Å². The molecule has 0 aliphatic carbocycles. The maximum atomic E-state index is 11.0. The second-order valence-corrected chi connectivity index (χ2v) is 4.29. The minimum absolute atomic E-state index is 0.685. The highest BCUT2D eigenvalue weighted by Gasteiger charge is 2.21. The maximum absolute atomic E-state index is 11.0. The summed E-state index contributed by atoms with van der Waals surface area (Å²) in [6.07, 6.45) is 0. The topological polar surface area (TPSA) is 84.4 Å². The molecule has 0 bridgehead atoms. The van der Waals surface area contributed by atoms with Gasteiger partial charge in [0, 0.05) is 26.2 Å². The average Bonchev–Trinajstić information content (AvgIpc) is 1.88. The summed E-state index contributed by atoms with van der Waals surface area (Å²) in [6.45, 7) is 3.01. The lowest BCUT2D eigenvalue weighted by Crippen LogP contribution is -2.44. The summed E-state index contributed by atoms with van der Waals surface area (Å²) < 4.78 is 12.7. The van der Waals surface area contributed by atoms with Crippen molar-refractivity contribution in [2.45, 2.75) is 0 Å². The van der Waals surface area contributed by atoms with Crippen LogP contribution in [0.2, 0.25) is 0 Å². The molecule has 1 aliphatic rings. The van der Waals surface area contributed by atoms with Gasteiger partial charge in [-0.1, -0.05) is 0 Å². The van der Waals surface area contributed by atoms with Crippen molar-refractivity contribution in [3.8, 4) is 0 Å². The SMILES string of the molecule is NP(N)(=O)N1CCNCC1. The van der Waals surface area contributed by atoms with Gasteiger partial charge in [-0.05, 0) is 0 Å². The summed E-state index contributed by atoms with van der Waals surface area (Å²) in [5, 5.41) is 3.11. The summed E-state index contributed by atoms with van der Waals surface area (Å²) in [4.78, 5) is 0. The van der Waals surface area contributed by atoms with Crippen LogP contribution in [-0.2, 0) is 4.57 Å². The summed E-state index contributed by atoms with van der Waals surface area (Å²) in [6, 6.07) is 0. The zero-order valence-corrected chi connectivity index (χ0v) is 6.68. The Kier molecular flexibility index (Phi) is 2.44. The molecule has 0 spiro atoms. The van der Waals surface area contributed by atoms with Gasteiger partial charge < -0.3 is 5.32 Å². The molecule has 0 aromatic carbocycles. The van der Waals surface area contributed by atoms with Crippen molar-refractivity contribution in [2.24, 2.45) is 11.0 Å². The van der Waals surface area contributed by atoms with Gasteiger partial charge in [-0.15, -0.1) is 0 Å². The molecule has 1 rings (SSSR count). The third-order valence-corrected chi connectivity index (χ3v) is 2.82. The first-order valence-electron chi connectivity index (χ1n) is 3.24. The van der Waals surface area contributed by atoms with Crippen molar-refractivity contribution in [2.75, 3.05) is 26.2 Å². The van der Waals surface area contributed by atoms with E-state index in [-0.39, 0.29) is 0 Å². The molecule has 10 heavy (non-hydrogen) atoms. The molecule has 1 heterocycles. The van der Waals surface area contributed by atoms with Crippen LogP contribution in [-0.4, -0.2) is 30.8 Å². The first-order chi connectivity index (χ1) is 4.61. The summed E-state index contributed by atoms with van der Waals surface area (Å²) >= 11 is 0. The Balaban J connectivity index is 2.47. The molecule has 0 saturated carbocycles. The Bertz CT molecular complexity index is 149. The van der Waals surface area contributed by atoms with Crippen LogP contribution in [0, 0.1) is 0 Å². The van der Waals surface area contributed by atoms with Crippen molar-refractivity contribution in [1.82, 2.24) is 9.99 Å². The first-order valence-corrected chi connectivity index (χ1v) is 5.04. The molecule has 0 aromatic rings. The normalized spacial score (nSPS) is 23.0. The van der Waals surface area contributed by atoms with E-state index in [1.54, 1.807) is 4.67 Å². The van der Waals surface area contributed by atoms with Crippen molar-refractivity contribution in [3.05, 3.63) is 0 Å². The lowest BCUT2D eigenvalue weighted by Gasteiger charge is -2.29. The van der Waals surface area contributed by atoms with Crippen LogP contribution >= 0.6 is 7.59 Å². The summed E-state index contributed by atoms with van der Waals surface area (Å²) in [5.41, 5.74) is 10.5. The Hall–Kier alpha value is 0.0700. The highest BCUT2D eigenvalue weighted by molar-refractivity contribution is 7.56. The number of nitrogens with one attached hydrogen (secondary N) is 1. The van der Waals surface area contributed by atoms with Crippen LogP contribution in [0.3, 0.4) is 0 Å². The third kappa shape index (κ3) is 2.04. The smallest absolute Gasteiger partial charge is 0.276 e. The number of hydrogen-bond acceptors (Lipinski definition) is 2. The van der Waals surface area contributed by atoms with E-state index in [0.717, 1.165) is 13.1 Å². The van der Waals surface area contributed by atoms with Gasteiger partial charge in [0.25, 0.3) is 7.59 Å². The van der Waals surface area contributed by atoms with E-state index >= 15 is 0 Å². The van der Waals surface area contributed by atoms with Crippen LogP contribution in [0.4, 0.5) is 0 Å². The lowest BCUT2D eigenvalue weighted by molar-refractivity contribution is 0.358. The minimum atomic E-state index is -2.95. The van der Waals surface area contributed by atoms with Crippen molar-refractivity contribution in [3.63, 3.8) is 0 Å². The third-order valence-electron chi connectivity index (χ3n) is 1.54. The van der Waals surface area contributed by atoms with Gasteiger partial charge in [0.1, 0.15) is 0 Å². The molecule has 6 heteroatoms. The Morgan fingerprint density at radius 3 is 2.10 bits per heavy atom. The first kappa shape index (κ1) is 8.17. The molecule has 0 aromatic heterocycles. The average molecular weight is 164 g/mol. The van der Waals surface area contributed by atoms with Crippen molar-refractivity contribution >= 4 is 7.59 Å². The predicted octanol–water partition coefficient (Wildman–Crippen LogP) is -1.08. The van der Waals surface area contributed by atoms with E-state index < -0.39 is 7.59 Å². The molecule has 0 radical (unpaired) electrons. The van der Waals surface area contributed by atoms with E-state index in [1.165, 1.54) is 0 Å². The van der Waals surface area contributed by atoms with E-state index in [0.29, 0.717) is 13.1 Å². The van der Waals surface area contributed by atoms with Crippen LogP contribution in [0.5, 0.6) is 0 Å². The standard InChI is InChI=1S/C4H13N4OP/c5-10(6,9)8-3-1-7-2-4-8/h7H,1-4H2,(H4,5,6,9). The van der Waals surface area contributed by atoms with E-state index in [4.69, 9.17) is 11.0 Å². The quantitative estimate of drug-likeness (QED) is 0.429. The van der Waals surface area contributed by atoms with Gasteiger partial charge in [-0.2, -0.15) is 0 Å². The lowest BCUT2D eigenvalue weighted by atomic mass is 10.4. The highest BCUT2D eigenvalue weighted by atomic mass is 31.2. The fraction of sp³-hybridized carbons (Fsp3) is 1.00. The van der Waals surface area contributed by atoms with E-state index in [9.17, 15) is 4.57 Å². The second kappa shape index (κ2) is 2.98. The van der Waals surface area contributed by atoms with Gasteiger partial charge in [-0.3, -0.25) is 15.6 Å². The van der Waals surface area contributed by atoms with Crippen LogP contribution < -0.4 is 16.3 Å². The summed E-state index contributed by atoms with van der Waals surface area (Å²) in [5.74, 6) is 0. The number of nitrogens with two attached hydrogens (primary N) is 2. The fourth-order valence-corrected chi connectivity index (χ4v) is 1.79. The van der Waals surface area contributed by atoms with Crippen LogP contribution in [0.15, 0.2) is 0 Å². The predicted molar refractivity (Wildman–Crippen MR) is 40.4 cm³/mol. The Morgan fingerprint density at radius 2 is 1.80 bits per heavy atom. The Labute approximate surface area is 60.3 Å². The molecule has 5 N–H and O–H groups in total. The van der Waals surface area contributed by atoms with Gasteiger partial charge >= 0.3 is 0 Å². The zero-order valence-electron chi connectivity index (χ0n) is 5.79. The van der Waals surface area contributed by atoms with E-state index in [1.807, 2.05) is 0 Å². The van der Waals surface area contributed by atoms with Gasteiger partial charge in [-0.25, -0.2) is 4.67 Å². The highest BCUT2D eigenvalue weighted by Crippen LogP contribution is 2.30. The van der Waals surface area contributed by atoms with Crippen molar-refractivity contribution < 1.29 is 4.57 Å². The minimum Gasteiger partial charge on any atom is -0.314 e. The number of nitrogens with zero attached hydrogens (tertiary/aromatic N) is 1. The maximum Gasteiger partial charge on any atom is 0.276 e. The fourth-order valence-electron chi connectivity index (χ4n) is 0.966. The van der Waals surface area contributed by atoms with Crippen LogP contribution in [0.1, 0.15) is 0 Å². The Morgan fingerprint density at radius 1 is 1.30 bits per heavy atom. The molecular weight excluding hydrogens is 151 g/mol. The molecule has 0 atom stereocenters. The molecule has 0 unspecified atom stereocenters. The molecule has 60 valence electrons. The number of piperazine rings is 1. The zero-order chi connectivity index (χ0) is 7.61. The monoisotopic (exact) mass is 164 g/mol. The molecule has 1 saturated heterocycles. The molecule has 0 amide bonds. The second-order valence-electron chi connectivity index (χ2n) is 2.38. The molecule has 1 aliphatic heterocycles. The molecule has 1 fully saturated rings. The largest absolute Gasteiger partial charge is 0.314 e. The van der Waals surface area contributed by atoms with Crippen LogP contribution in [0.25, 0.3) is 0 Å². The van der Waals surface area contributed by atoms with Gasteiger partial charge in [0.15, 0.2) is 0 Å². The van der Waals surface area contributed by atoms with E-state index in [2.05, 4.69) is 5.32 Å². The molecular formula is C4H13N4OP. The van der Waals surface area contributed by atoms with Gasteiger partial charge in [0.05, 0.1) is 0 Å². The number of hydrogen-bond donors (Lipinski definition) is 3. The molecule has 5 nitrogen and oxygen atoms in total. The number of rotatable bonds is 1.